The molecule has 0 saturated heterocycles. The van der Waals surface area contributed by atoms with Crippen LogP contribution in [0.5, 0.6) is 5.75 Å². The average Bonchev–Trinajstić information content (AvgIpc) is 2.79. The molecule has 2 rings (SSSR count). The van der Waals surface area contributed by atoms with Gasteiger partial charge in [0.15, 0.2) is 5.75 Å². The average molecular weight is 516 g/mol. The maximum Gasteiger partial charge on any atom is 0.319 e. The van der Waals surface area contributed by atoms with Gasteiger partial charge in [-0.2, -0.15) is 5.26 Å². The number of ether oxygens (including phenoxy) is 3. The fourth-order valence-corrected chi connectivity index (χ4v) is 4.69. The Balaban J connectivity index is 2.48. The largest absolute Gasteiger partial charge is 0.491 e. The van der Waals surface area contributed by atoms with E-state index in [1.807, 2.05) is 0 Å². The summed E-state index contributed by atoms with van der Waals surface area (Å²) >= 11 is 13.6. The first kappa shape index (κ1) is 26.8. The summed E-state index contributed by atoms with van der Waals surface area (Å²) < 4.78 is 15.1. The van der Waals surface area contributed by atoms with Gasteiger partial charge in [0.2, 0.25) is 11.8 Å². The van der Waals surface area contributed by atoms with Gasteiger partial charge in [0.25, 0.3) is 0 Å². The second-order valence-electron chi connectivity index (χ2n) is 6.70. The van der Waals surface area contributed by atoms with Gasteiger partial charge in [0.1, 0.15) is 5.92 Å². The van der Waals surface area contributed by atoms with E-state index in [0.29, 0.717) is 25.3 Å². The highest BCUT2D eigenvalue weighted by Crippen LogP contribution is 2.44. The van der Waals surface area contributed by atoms with E-state index in [1.165, 1.54) is 19.2 Å². The van der Waals surface area contributed by atoms with Crippen LogP contribution in [0.3, 0.4) is 0 Å². The number of nitriles is 1. The Labute approximate surface area is 205 Å². The first-order valence-corrected chi connectivity index (χ1v) is 11.6. The summed E-state index contributed by atoms with van der Waals surface area (Å²) in [6.07, 6.45) is 0. The van der Waals surface area contributed by atoms with Crippen molar-refractivity contribution in [2.45, 2.75) is 12.8 Å². The second-order valence-corrected chi connectivity index (χ2v) is 8.50. The molecule has 0 unspecified atom stereocenters. The number of nitrogens with one attached hydrogen (secondary N) is 2. The van der Waals surface area contributed by atoms with Crippen LogP contribution in [-0.2, 0) is 23.9 Å². The normalized spacial score (nSPS) is 17.8. The second kappa shape index (κ2) is 12.7. The maximum absolute atomic E-state index is 12.9. The van der Waals surface area contributed by atoms with Crippen molar-refractivity contribution in [2.24, 2.45) is 5.92 Å². The number of thioether (sulfide) groups is 1. The Hall–Kier alpha value is -2.45. The highest BCUT2D eigenvalue weighted by Gasteiger charge is 2.44. The van der Waals surface area contributed by atoms with Crippen LogP contribution >= 0.6 is 35.0 Å². The first-order chi connectivity index (χ1) is 15.8. The number of carbonyl (C=O) groups excluding carboxylic acids is 3. The molecule has 1 aromatic rings. The molecular formula is C21H23Cl2N3O6S. The van der Waals surface area contributed by atoms with Crippen LogP contribution in [0.1, 0.15) is 18.4 Å². The van der Waals surface area contributed by atoms with Gasteiger partial charge in [0.05, 0.1) is 52.8 Å². The third kappa shape index (κ3) is 6.54. The molecule has 1 heterocycles. The molecule has 1 aliphatic rings. The predicted molar refractivity (Wildman–Crippen MR) is 124 cm³/mol. The lowest BCUT2D eigenvalue weighted by Gasteiger charge is -2.31. The highest BCUT2D eigenvalue weighted by molar-refractivity contribution is 8.03. The number of halogens is 2. The van der Waals surface area contributed by atoms with Gasteiger partial charge in [-0.05, 0) is 24.6 Å². The topological polar surface area (TPSA) is 127 Å². The lowest BCUT2D eigenvalue weighted by Crippen LogP contribution is -2.44. The highest BCUT2D eigenvalue weighted by atomic mass is 35.5. The molecule has 1 aromatic carbocycles. The Morgan fingerprint density at radius 2 is 1.94 bits per heavy atom. The first-order valence-electron chi connectivity index (χ1n) is 9.82. The van der Waals surface area contributed by atoms with Crippen molar-refractivity contribution in [2.75, 3.05) is 39.7 Å². The van der Waals surface area contributed by atoms with Crippen LogP contribution in [-0.4, -0.2) is 57.5 Å². The molecule has 2 atom stereocenters. The van der Waals surface area contributed by atoms with E-state index < -0.39 is 23.7 Å². The molecule has 33 heavy (non-hydrogen) atoms. The van der Waals surface area contributed by atoms with Crippen LogP contribution in [0.15, 0.2) is 22.7 Å². The zero-order chi connectivity index (χ0) is 24.5. The molecule has 2 N–H and O–H groups in total. The molecule has 0 saturated carbocycles. The third-order valence-electron chi connectivity index (χ3n) is 4.63. The number of benzene rings is 1. The van der Waals surface area contributed by atoms with Gasteiger partial charge < -0.3 is 24.8 Å². The molecule has 178 valence electrons. The minimum absolute atomic E-state index is 0.0646. The zero-order valence-electron chi connectivity index (χ0n) is 18.2. The number of hydrogen-bond donors (Lipinski definition) is 2. The lowest BCUT2D eigenvalue weighted by molar-refractivity contribution is -0.150. The minimum Gasteiger partial charge on any atom is -0.491 e. The van der Waals surface area contributed by atoms with Gasteiger partial charge in [-0.25, -0.2) is 0 Å². The molecular weight excluding hydrogens is 493 g/mol. The van der Waals surface area contributed by atoms with Crippen LogP contribution < -0.4 is 15.4 Å². The molecule has 9 nitrogen and oxygen atoms in total. The number of methoxy groups -OCH3 is 2. The van der Waals surface area contributed by atoms with E-state index in [4.69, 9.17) is 37.4 Å². The van der Waals surface area contributed by atoms with Crippen molar-refractivity contribution in [3.05, 3.63) is 38.3 Å². The quantitative estimate of drug-likeness (QED) is 0.276. The Morgan fingerprint density at radius 3 is 2.48 bits per heavy atom. The number of hydrogen-bond acceptors (Lipinski definition) is 8. The van der Waals surface area contributed by atoms with Crippen molar-refractivity contribution < 1.29 is 28.6 Å². The standard InChI is InChI=1S/C21H23Cl2N3O6S/c1-4-32-18-13(22)7-11(8-14(18)23)16-12(9-24)20(26-19(28)17(16)21(29)31-3)33-10-15(27)25-5-6-30-2/h7-8,16-17H,4-6,10H2,1-3H3,(H,25,27)(H,26,28)/t16-,17+/m1/s1. The SMILES string of the molecule is CCOc1c(Cl)cc([C@@H]2C(C#N)=C(SCC(=O)NCCOC)NC(=O)[C@H]2C(=O)OC)cc1Cl. The Morgan fingerprint density at radius 1 is 1.27 bits per heavy atom. The molecule has 12 heteroatoms. The van der Waals surface area contributed by atoms with Crippen molar-refractivity contribution >= 4 is 52.7 Å². The van der Waals surface area contributed by atoms with Crippen molar-refractivity contribution in [3.63, 3.8) is 0 Å². The van der Waals surface area contributed by atoms with E-state index in [1.54, 1.807) is 6.92 Å². The van der Waals surface area contributed by atoms with Crippen LogP contribution in [0.4, 0.5) is 0 Å². The molecule has 0 aliphatic carbocycles. The zero-order valence-corrected chi connectivity index (χ0v) is 20.5. The van der Waals surface area contributed by atoms with Crippen LogP contribution in [0.25, 0.3) is 0 Å². The van der Waals surface area contributed by atoms with E-state index in [-0.39, 0.29) is 38.1 Å². The van der Waals surface area contributed by atoms with E-state index in [9.17, 15) is 19.6 Å². The molecule has 0 aromatic heterocycles. The minimum atomic E-state index is -1.35. The summed E-state index contributed by atoms with van der Waals surface area (Å²) in [5.41, 5.74) is 0.439. The summed E-state index contributed by atoms with van der Waals surface area (Å²) in [6.45, 7) is 2.76. The number of carbonyl (C=O) groups is 3. The van der Waals surface area contributed by atoms with E-state index in [2.05, 4.69) is 16.7 Å². The molecule has 0 spiro atoms. The molecule has 1 aliphatic heterocycles. The Kier molecular flexibility index (Phi) is 10.3. The van der Waals surface area contributed by atoms with Crippen molar-refractivity contribution in [3.8, 4) is 11.8 Å². The summed E-state index contributed by atoms with van der Waals surface area (Å²) in [5.74, 6) is -4.00. The van der Waals surface area contributed by atoms with Gasteiger partial charge in [-0.15, -0.1) is 0 Å². The fraction of sp³-hybridized carbons (Fsp3) is 0.429. The van der Waals surface area contributed by atoms with Crippen molar-refractivity contribution in [1.29, 1.82) is 5.26 Å². The van der Waals surface area contributed by atoms with Gasteiger partial charge >= 0.3 is 5.97 Å². The van der Waals surface area contributed by atoms with E-state index in [0.717, 1.165) is 18.9 Å². The van der Waals surface area contributed by atoms with Crippen LogP contribution in [0, 0.1) is 17.2 Å². The number of esters is 1. The van der Waals surface area contributed by atoms with Gasteiger partial charge in [-0.3, -0.25) is 14.4 Å². The fourth-order valence-electron chi connectivity index (χ4n) is 3.20. The van der Waals surface area contributed by atoms with E-state index >= 15 is 0 Å². The summed E-state index contributed by atoms with van der Waals surface area (Å²) in [6, 6.07) is 5.04. The van der Waals surface area contributed by atoms with Crippen LogP contribution in [0.2, 0.25) is 10.0 Å². The number of nitrogens with zero attached hydrogens (tertiary/aromatic N) is 1. The molecule has 0 bridgehead atoms. The Bertz CT molecular complexity index is 972. The predicted octanol–water partition coefficient (Wildman–Crippen LogP) is 2.63. The molecule has 0 fully saturated rings. The number of rotatable bonds is 10. The summed E-state index contributed by atoms with van der Waals surface area (Å²) in [7, 11) is 2.66. The van der Waals surface area contributed by atoms with Gasteiger partial charge in [-0.1, -0.05) is 35.0 Å². The lowest BCUT2D eigenvalue weighted by atomic mass is 9.78. The smallest absolute Gasteiger partial charge is 0.319 e. The number of allylic oxidation sites excluding steroid dienone is 1. The number of amides is 2. The summed E-state index contributed by atoms with van der Waals surface area (Å²) in [5, 5.41) is 15.6. The molecule has 2 amide bonds. The molecule has 0 radical (unpaired) electrons. The maximum atomic E-state index is 12.9. The monoisotopic (exact) mass is 515 g/mol. The summed E-state index contributed by atoms with van der Waals surface area (Å²) in [4.78, 5) is 37.4. The third-order valence-corrected chi connectivity index (χ3v) is 6.21. The van der Waals surface area contributed by atoms with Crippen molar-refractivity contribution in [1.82, 2.24) is 10.6 Å². The van der Waals surface area contributed by atoms with Gasteiger partial charge in [0, 0.05) is 19.6 Å².